The van der Waals surface area contributed by atoms with E-state index in [0.717, 1.165) is 6.42 Å². The quantitative estimate of drug-likeness (QED) is 0.736. The van der Waals surface area contributed by atoms with Gasteiger partial charge in [-0.15, -0.1) is 12.4 Å². The van der Waals surface area contributed by atoms with Crippen LogP contribution in [0.3, 0.4) is 0 Å². The van der Waals surface area contributed by atoms with E-state index in [1.807, 2.05) is 6.92 Å². The highest BCUT2D eigenvalue weighted by Gasteiger charge is 2.14. The van der Waals surface area contributed by atoms with Gasteiger partial charge in [0.25, 0.3) is 5.91 Å². The van der Waals surface area contributed by atoms with Gasteiger partial charge in [-0.3, -0.25) is 19.3 Å². The van der Waals surface area contributed by atoms with Gasteiger partial charge in [0.15, 0.2) is 0 Å². The predicted octanol–water partition coefficient (Wildman–Crippen LogP) is 1.55. The van der Waals surface area contributed by atoms with E-state index in [1.165, 1.54) is 4.90 Å². The van der Waals surface area contributed by atoms with Crippen molar-refractivity contribution in [3.05, 3.63) is 29.8 Å². The Bertz CT molecular complexity index is 561. The highest BCUT2D eigenvalue weighted by atomic mass is 35.5. The van der Waals surface area contributed by atoms with Crippen molar-refractivity contribution in [2.24, 2.45) is 0 Å². The molecule has 0 unspecified atom stereocenters. The minimum Gasteiger partial charge on any atom is -0.480 e. The summed E-state index contributed by atoms with van der Waals surface area (Å²) in [4.78, 5) is 37.6. The Morgan fingerprint density at radius 3 is 2.12 bits per heavy atom. The summed E-state index contributed by atoms with van der Waals surface area (Å²) < 4.78 is 0. The average molecular weight is 358 g/mol. The van der Waals surface area contributed by atoms with Crippen LogP contribution in [0.25, 0.3) is 0 Å². The molecular weight excluding hydrogens is 334 g/mol. The number of carbonyl (C=O) groups is 3. The van der Waals surface area contributed by atoms with Crippen molar-refractivity contribution in [1.82, 2.24) is 9.80 Å². The van der Waals surface area contributed by atoms with Gasteiger partial charge in [0.05, 0.1) is 13.1 Å². The number of amides is 2. The molecule has 8 heteroatoms. The van der Waals surface area contributed by atoms with Crippen LogP contribution >= 0.6 is 12.4 Å². The van der Waals surface area contributed by atoms with Gasteiger partial charge in [-0.25, -0.2) is 0 Å². The van der Waals surface area contributed by atoms with Crippen molar-refractivity contribution in [1.29, 1.82) is 0 Å². The molecule has 2 amide bonds. The van der Waals surface area contributed by atoms with Crippen LogP contribution in [0.5, 0.6) is 0 Å². The highest BCUT2D eigenvalue weighted by molar-refractivity contribution is 5.96. The third-order valence-corrected chi connectivity index (χ3v) is 3.09. The summed E-state index contributed by atoms with van der Waals surface area (Å²) in [6.45, 7) is 2.30. The molecule has 0 atom stereocenters. The number of nitrogens with one attached hydrogen (secondary N) is 1. The summed E-state index contributed by atoms with van der Waals surface area (Å²) in [6.07, 6.45) is 0.766. The molecule has 1 aromatic carbocycles. The number of nitrogens with zero attached hydrogens (tertiary/aromatic N) is 2. The molecule has 0 fully saturated rings. The van der Waals surface area contributed by atoms with Crippen molar-refractivity contribution >= 4 is 35.9 Å². The molecule has 134 valence electrons. The molecule has 2 N–H and O–H groups in total. The molecule has 0 spiro atoms. The van der Waals surface area contributed by atoms with E-state index < -0.39 is 5.97 Å². The molecule has 7 nitrogen and oxygen atoms in total. The molecule has 1 rings (SSSR count). The fraction of sp³-hybridized carbons (Fsp3) is 0.438. The Kier molecular flexibility index (Phi) is 9.68. The lowest BCUT2D eigenvalue weighted by atomic mass is 10.2. The largest absolute Gasteiger partial charge is 0.480 e. The Morgan fingerprint density at radius 2 is 1.67 bits per heavy atom. The fourth-order valence-electron chi connectivity index (χ4n) is 2.08. The van der Waals surface area contributed by atoms with Gasteiger partial charge in [0.1, 0.15) is 0 Å². The SMILES string of the molecule is CCCN(CC(=O)O)CC(=O)Nc1ccc(C(=O)N(C)C)cc1.Cl. The van der Waals surface area contributed by atoms with Crippen molar-refractivity contribution in [3.63, 3.8) is 0 Å². The smallest absolute Gasteiger partial charge is 0.317 e. The van der Waals surface area contributed by atoms with Crippen LogP contribution < -0.4 is 5.32 Å². The van der Waals surface area contributed by atoms with Crippen molar-refractivity contribution < 1.29 is 19.5 Å². The topological polar surface area (TPSA) is 90.0 Å². The molecule has 0 bridgehead atoms. The summed E-state index contributed by atoms with van der Waals surface area (Å²) in [6, 6.07) is 6.57. The number of anilines is 1. The van der Waals surface area contributed by atoms with Crippen LogP contribution in [-0.4, -0.2) is 66.4 Å². The molecular formula is C16H24ClN3O4. The summed E-state index contributed by atoms with van der Waals surface area (Å²) in [7, 11) is 3.34. The van der Waals surface area contributed by atoms with Crippen LogP contribution in [0.15, 0.2) is 24.3 Å². The number of rotatable bonds is 8. The second kappa shape index (κ2) is 10.6. The van der Waals surface area contributed by atoms with E-state index in [-0.39, 0.29) is 37.3 Å². The fourth-order valence-corrected chi connectivity index (χ4v) is 2.08. The molecule has 0 aliphatic carbocycles. The number of carboxylic acid groups (broad SMARTS) is 1. The highest BCUT2D eigenvalue weighted by Crippen LogP contribution is 2.11. The second-order valence-electron chi connectivity index (χ2n) is 5.43. The minimum absolute atomic E-state index is 0. The van der Waals surface area contributed by atoms with Gasteiger partial charge in [0.2, 0.25) is 5.91 Å². The van der Waals surface area contributed by atoms with Crippen molar-refractivity contribution in [2.75, 3.05) is 39.0 Å². The van der Waals surface area contributed by atoms with E-state index in [4.69, 9.17) is 5.11 Å². The number of hydrogen-bond donors (Lipinski definition) is 2. The normalized spacial score (nSPS) is 10.0. The lowest BCUT2D eigenvalue weighted by molar-refractivity contribution is -0.138. The first-order valence-electron chi connectivity index (χ1n) is 7.39. The van der Waals surface area contributed by atoms with Gasteiger partial charge < -0.3 is 15.3 Å². The predicted molar refractivity (Wildman–Crippen MR) is 94.7 cm³/mol. The van der Waals surface area contributed by atoms with Crippen LogP contribution in [0.2, 0.25) is 0 Å². The van der Waals surface area contributed by atoms with Gasteiger partial charge in [-0.2, -0.15) is 0 Å². The summed E-state index contributed by atoms with van der Waals surface area (Å²) in [5.74, 6) is -1.36. The molecule has 0 saturated heterocycles. The van der Waals surface area contributed by atoms with Crippen LogP contribution in [-0.2, 0) is 9.59 Å². The molecule has 0 aliphatic rings. The molecule has 24 heavy (non-hydrogen) atoms. The molecule has 1 aromatic rings. The molecule has 0 aliphatic heterocycles. The zero-order valence-corrected chi connectivity index (χ0v) is 14.9. The number of carboxylic acids is 1. The Balaban J connectivity index is 0.00000529. The van der Waals surface area contributed by atoms with E-state index in [1.54, 1.807) is 43.3 Å². The number of benzene rings is 1. The molecule has 0 radical (unpaired) electrons. The maximum Gasteiger partial charge on any atom is 0.317 e. The average Bonchev–Trinajstić information content (AvgIpc) is 2.46. The zero-order chi connectivity index (χ0) is 17.4. The lowest BCUT2D eigenvalue weighted by Gasteiger charge is -2.18. The van der Waals surface area contributed by atoms with E-state index in [2.05, 4.69) is 5.32 Å². The van der Waals surface area contributed by atoms with E-state index >= 15 is 0 Å². The third-order valence-electron chi connectivity index (χ3n) is 3.09. The van der Waals surface area contributed by atoms with Gasteiger partial charge in [-0.05, 0) is 37.2 Å². The summed E-state index contributed by atoms with van der Waals surface area (Å²) >= 11 is 0. The Hall–Kier alpha value is -2.12. The first-order valence-corrected chi connectivity index (χ1v) is 7.39. The summed E-state index contributed by atoms with van der Waals surface area (Å²) in [5.41, 5.74) is 1.10. The first-order chi connectivity index (χ1) is 10.8. The number of aliphatic carboxylic acids is 1. The maximum atomic E-state index is 12.0. The monoisotopic (exact) mass is 357 g/mol. The molecule has 0 heterocycles. The van der Waals surface area contributed by atoms with Crippen molar-refractivity contribution in [2.45, 2.75) is 13.3 Å². The zero-order valence-electron chi connectivity index (χ0n) is 14.1. The van der Waals surface area contributed by atoms with Crippen LogP contribution in [0.1, 0.15) is 23.7 Å². The number of carbonyl (C=O) groups excluding carboxylic acids is 2. The molecule has 0 aromatic heterocycles. The second-order valence-corrected chi connectivity index (χ2v) is 5.43. The molecule has 0 saturated carbocycles. The lowest BCUT2D eigenvalue weighted by Crippen LogP contribution is -2.37. The Morgan fingerprint density at radius 1 is 1.08 bits per heavy atom. The van der Waals surface area contributed by atoms with E-state index in [0.29, 0.717) is 17.8 Å². The number of halogens is 1. The third kappa shape index (κ3) is 7.43. The van der Waals surface area contributed by atoms with Crippen LogP contribution in [0.4, 0.5) is 5.69 Å². The Labute approximate surface area is 148 Å². The van der Waals surface area contributed by atoms with Gasteiger partial charge >= 0.3 is 5.97 Å². The first kappa shape index (κ1) is 21.9. The summed E-state index contributed by atoms with van der Waals surface area (Å²) in [5, 5.41) is 11.5. The minimum atomic E-state index is -0.960. The van der Waals surface area contributed by atoms with Gasteiger partial charge in [-0.1, -0.05) is 6.92 Å². The van der Waals surface area contributed by atoms with E-state index in [9.17, 15) is 14.4 Å². The standard InChI is InChI=1S/C16H23N3O4.ClH/c1-4-9-19(11-15(21)22)10-14(20)17-13-7-5-12(6-8-13)16(23)18(2)3;/h5-8H,4,9-11H2,1-3H3,(H,17,20)(H,21,22);1H. The van der Waals surface area contributed by atoms with Crippen molar-refractivity contribution in [3.8, 4) is 0 Å². The van der Waals surface area contributed by atoms with Crippen LogP contribution in [0, 0.1) is 0 Å². The number of hydrogen-bond acceptors (Lipinski definition) is 4. The van der Waals surface area contributed by atoms with Gasteiger partial charge in [0, 0.05) is 25.3 Å². The maximum absolute atomic E-state index is 12.0.